The van der Waals surface area contributed by atoms with Crippen LogP contribution in [0.5, 0.6) is 0 Å². The zero-order valence-electron chi connectivity index (χ0n) is 21.2. The summed E-state index contributed by atoms with van der Waals surface area (Å²) in [4.78, 5) is 21.5. The smallest absolute Gasteiger partial charge is 0.274 e. The topological polar surface area (TPSA) is 114 Å². The maximum atomic E-state index is 14.7. The summed E-state index contributed by atoms with van der Waals surface area (Å²) in [5.74, 6) is -1.72. The molecule has 2 aromatic heterocycles. The molecule has 1 fully saturated rings. The third-order valence-electron chi connectivity index (χ3n) is 6.84. The number of halogens is 2. The first-order chi connectivity index (χ1) is 18.2. The normalized spacial score (nSPS) is 21.1. The van der Waals surface area contributed by atoms with Crippen molar-refractivity contribution < 1.29 is 18.3 Å². The molecule has 1 unspecified atom stereocenters. The third-order valence-corrected chi connectivity index (χ3v) is 7.30. The van der Waals surface area contributed by atoms with Gasteiger partial charge < -0.3 is 15.8 Å². The van der Waals surface area contributed by atoms with Crippen molar-refractivity contribution in [2.45, 2.75) is 51.2 Å². The summed E-state index contributed by atoms with van der Waals surface area (Å²) >= 11 is 0. The Kier molecular flexibility index (Phi) is 8.78. The van der Waals surface area contributed by atoms with Crippen molar-refractivity contribution in [2.24, 2.45) is 11.7 Å². The van der Waals surface area contributed by atoms with E-state index >= 15 is 0 Å². The van der Waals surface area contributed by atoms with E-state index < -0.39 is 17.5 Å². The minimum Gasteiger partial charge on any atom is -0.375 e. The number of anilines is 1. The number of hydrogen-bond donors (Lipinski definition) is 2. The highest BCUT2D eigenvalue weighted by Crippen LogP contribution is 2.39. The molecule has 0 radical (unpaired) electrons. The van der Waals surface area contributed by atoms with Crippen molar-refractivity contribution in [1.29, 1.82) is 5.26 Å². The van der Waals surface area contributed by atoms with Crippen molar-refractivity contribution >= 4 is 26.1 Å². The molecule has 1 aromatic carbocycles. The van der Waals surface area contributed by atoms with Crippen LogP contribution in [-0.4, -0.2) is 34.6 Å². The van der Waals surface area contributed by atoms with Gasteiger partial charge in [0.2, 0.25) is 0 Å². The van der Waals surface area contributed by atoms with E-state index in [0.29, 0.717) is 36.0 Å². The Morgan fingerprint density at radius 2 is 2.05 bits per heavy atom. The van der Waals surface area contributed by atoms with Gasteiger partial charge in [-0.3, -0.25) is 9.78 Å². The number of ether oxygens (including phenoxy) is 1. The number of amides is 1. The van der Waals surface area contributed by atoms with Crippen LogP contribution < -0.4 is 16.4 Å². The first kappa shape index (κ1) is 27.7. The second kappa shape index (κ2) is 12.0. The van der Waals surface area contributed by atoms with Crippen molar-refractivity contribution in [3.05, 3.63) is 71.2 Å². The molecule has 0 spiro atoms. The Morgan fingerprint density at radius 3 is 2.76 bits per heavy atom. The number of rotatable bonds is 7. The number of nitriles is 1. The monoisotopic (exact) mass is 537 g/mol. The molecule has 0 saturated heterocycles. The summed E-state index contributed by atoms with van der Waals surface area (Å²) in [7, 11) is 2.39. The van der Waals surface area contributed by atoms with Crippen LogP contribution in [0.3, 0.4) is 0 Å². The summed E-state index contributed by atoms with van der Waals surface area (Å²) in [6, 6.07) is 9.07. The lowest BCUT2D eigenvalue weighted by molar-refractivity contribution is -0.0198. The number of hydrogen-bond acceptors (Lipinski definition) is 6. The predicted molar refractivity (Wildman–Crippen MR) is 145 cm³/mol. The molecule has 1 amide bonds. The molecule has 4 rings (SSSR count). The molecule has 0 aliphatic heterocycles. The van der Waals surface area contributed by atoms with Gasteiger partial charge in [0.25, 0.3) is 5.91 Å². The fourth-order valence-electron chi connectivity index (χ4n) is 5.16. The largest absolute Gasteiger partial charge is 0.375 e. The van der Waals surface area contributed by atoms with Crippen molar-refractivity contribution in [3.8, 4) is 17.3 Å². The van der Waals surface area contributed by atoms with Crippen LogP contribution in [0.1, 0.15) is 53.7 Å². The Hall–Kier alpha value is -3.31. The van der Waals surface area contributed by atoms with Crippen LogP contribution in [0.25, 0.3) is 11.3 Å². The van der Waals surface area contributed by atoms with E-state index in [2.05, 4.69) is 37.5 Å². The lowest BCUT2D eigenvalue weighted by atomic mass is 9.74. The first-order valence-electron chi connectivity index (χ1n) is 12.4. The summed E-state index contributed by atoms with van der Waals surface area (Å²) in [6.07, 6.45) is 4.80. The molecule has 1 saturated carbocycles. The van der Waals surface area contributed by atoms with Gasteiger partial charge in [-0.15, -0.1) is 9.24 Å². The first-order valence-corrected chi connectivity index (χ1v) is 13.0. The number of pyridine rings is 2. The van der Waals surface area contributed by atoms with Gasteiger partial charge in [0.15, 0.2) is 0 Å². The maximum absolute atomic E-state index is 14.7. The van der Waals surface area contributed by atoms with Gasteiger partial charge in [-0.05, 0) is 72.3 Å². The summed E-state index contributed by atoms with van der Waals surface area (Å²) in [5.41, 5.74) is 8.23. The van der Waals surface area contributed by atoms with Crippen molar-refractivity contribution in [3.63, 3.8) is 0 Å². The molecule has 198 valence electrons. The second-order valence-corrected chi connectivity index (χ2v) is 10.3. The molecule has 7 nitrogen and oxygen atoms in total. The average Bonchev–Trinajstić information content (AvgIpc) is 2.86. The van der Waals surface area contributed by atoms with Gasteiger partial charge in [-0.1, -0.05) is 13.0 Å². The van der Waals surface area contributed by atoms with Gasteiger partial charge in [0.1, 0.15) is 23.0 Å². The molecule has 3 aromatic rings. The summed E-state index contributed by atoms with van der Waals surface area (Å²) in [5, 5.41) is 12.1. The predicted octanol–water partition coefficient (Wildman–Crippen LogP) is 4.62. The highest BCUT2D eigenvalue weighted by molar-refractivity contribution is 7.28. The fourth-order valence-corrected chi connectivity index (χ4v) is 5.70. The molecular weight excluding hydrogens is 507 g/mol. The van der Waals surface area contributed by atoms with E-state index in [0.717, 1.165) is 18.1 Å². The third kappa shape index (κ3) is 6.05. The van der Waals surface area contributed by atoms with Crippen LogP contribution >= 0.6 is 9.24 Å². The van der Waals surface area contributed by atoms with Crippen LogP contribution in [0, 0.1) is 35.8 Å². The van der Waals surface area contributed by atoms with Gasteiger partial charge in [-0.25, -0.2) is 13.8 Å². The maximum Gasteiger partial charge on any atom is 0.274 e. The Labute approximate surface area is 223 Å². The number of carbonyl (C=O) groups is 1. The minimum atomic E-state index is -0.730. The Balaban J connectivity index is 1.56. The minimum absolute atomic E-state index is 0.00783. The van der Waals surface area contributed by atoms with E-state index in [4.69, 9.17) is 15.7 Å². The molecule has 2 heterocycles. The van der Waals surface area contributed by atoms with Gasteiger partial charge in [-0.2, -0.15) is 5.26 Å². The highest BCUT2D eigenvalue weighted by atomic mass is 31.0. The number of aromatic nitrogens is 2. The van der Waals surface area contributed by atoms with E-state index in [1.54, 1.807) is 25.4 Å². The standard InChI is InChI=1S/C28H30F2N5O2P/c1-15-10-20(30)25(24(38)11-15)26-19(29)4-5-22(34-26)28(36)35-23-14-33-8-6-18(23)17-12-16(2)27(21(32)13-17)37-9-3-7-31/h4-6,8,10-11,14,16-17,21,27H,3,9,12-13,32,38H2,1-2H3,(H,35,36)/t16-,17+,21+,27-/m1/s1. The van der Waals surface area contributed by atoms with E-state index in [1.165, 1.54) is 12.1 Å². The zero-order valence-corrected chi connectivity index (χ0v) is 22.4. The summed E-state index contributed by atoms with van der Waals surface area (Å²) < 4.78 is 35.3. The second-order valence-electron chi connectivity index (χ2n) is 9.71. The molecule has 0 bridgehead atoms. The summed E-state index contributed by atoms with van der Waals surface area (Å²) in [6.45, 7) is 4.15. The zero-order chi connectivity index (χ0) is 27.4. The molecule has 1 aliphatic rings. The van der Waals surface area contributed by atoms with Crippen molar-refractivity contribution in [1.82, 2.24) is 9.97 Å². The van der Waals surface area contributed by atoms with E-state index in [-0.39, 0.29) is 40.9 Å². The lowest BCUT2D eigenvalue weighted by Crippen LogP contribution is -2.46. The lowest BCUT2D eigenvalue weighted by Gasteiger charge is -2.39. The van der Waals surface area contributed by atoms with Crippen LogP contribution in [-0.2, 0) is 4.74 Å². The number of aryl methyl sites for hydroxylation is 1. The van der Waals surface area contributed by atoms with Gasteiger partial charge in [0.05, 0.1) is 37.1 Å². The molecule has 5 atom stereocenters. The fraction of sp³-hybridized carbons (Fsp3) is 0.357. The number of carbonyl (C=O) groups excluding carboxylic acids is 1. The highest BCUT2D eigenvalue weighted by Gasteiger charge is 2.36. The number of nitrogens with two attached hydrogens (primary N) is 1. The Morgan fingerprint density at radius 1 is 1.26 bits per heavy atom. The van der Waals surface area contributed by atoms with Gasteiger partial charge >= 0.3 is 0 Å². The number of nitrogens with one attached hydrogen (secondary N) is 1. The van der Waals surface area contributed by atoms with E-state index in [1.807, 2.05) is 6.07 Å². The van der Waals surface area contributed by atoms with Gasteiger partial charge in [0, 0.05) is 17.8 Å². The van der Waals surface area contributed by atoms with Crippen LogP contribution in [0.2, 0.25) is 0 Å². The van der Waals surface area contributed by atoms with Crippen LogP contribution in [0.15, 0.2) is 42.7 Å². The quantitative estimate of drug-likeness (QED) is 0.336. The number of nitrogens with zero attached hydrogens (tertiary/aromatic N) is 3. The molecule has 3 N–H and O–H groups in total. The van der Waals surface area contributed by atoms with E-state index in [9.17, 15) is 13.6 Å². The Bertz CT molecular complexity index is 1340. The average molecular weight is 538 g/mol. The van der Waals surface area contributed by atoms with Crippen LogP contribution in [0.4, 0.5) is 14.5 Å². The molecule has 1 aliphatic carbocycles. The molecular formula is C28H30F2N5O2P. The van der Waals surface area contributed by atoms with Crippen molar-refractivity contribution in [2.75, 3.05) is 11.9 Å². The molecule has 10 heteroatoms. The SMILES string of the molecule is Cc1cc(F)c(-c2nc(C(=O)Nc3cnccc3[C@H]3C[C@@H](C)[C@@H](OCCC#N)[C@@H](N)C3)ccc2F)c(P)c1. The number of benzene rings is 1. The molecule has 38 heavy (non-hydrogen) atoms.